The van der Waals surface area contributed by atoms with Gasteiger partial charge in [-0.2, -0.15) is 5.10 Å². The molecule has 0 radical (unpaired) electrons. The van der Waals surface area contributed by atoms with E-state index in [1.807, 2.05) is 6.92 Å². The van der Waals surface area contributed by atoms with Gasteiger partial charge in [-0.1, -0.05) is 6.92 Å². The Bertz CT molecular complexity index is 775. The highest BCUT2D eigenvalue weighted by atomic mass is 32.2. The van der Waals surface area contributed by atoms with E-state index in [-0.39, 0.29) is 4.90 Å². The molecular formula is C15H19N3O4S. The van der Waals surface area contributed by atoms with Gasteiger partial charge in [-0.15, -0.1) is 0 Å². The van der Waals surface area contributed by atoms with Crippen LogP contribution in [0, 0.1) is 13.8 Å². The lowest BCUT2D eigenvalue weighted by atomic mass is 10.2. The van der Waals surface area contributed by atoms with Crippen LogP contribution in [0.1, 0.15) is 35.1 Å². The molecule has 0 aliphatic rings. The number of aromatic nitrogens is 2. The van der Waals surface area contributed by atoms with Crippen molar-refractivity contribution in [2.45, 2.75) is 32.1 Å². The van der Waals surface area contributed by atoms with Crippen molar-refractivity contribution in [1.29, 1.82) is 0 Å². The lowest BCUT2D eigenvalue weighted by Gasteiger charge is -2.09. The number of sulfonamides is 1. The second-order valence-electron chi connectivity index (χ2n) is 5.07. The summed E-state index contributed by atoms with van der Waals surface area (Å²) in [4.78, 5) is 11.8. The van der Waals surface area contributed by atoms with Gasteiger partial charge in [0.25, 0.3) is 10.0 Å². The van der Waals surface area contributed by atoms with Gasteiger partial charge in [0, 0.05) is 0 Å². The van der Waals surface area contributed by atoms with Crippen molar-refractivity contribution in [1.82, 2.24) is 10.2 Å². The van der Waals surface area contributed by atoms with Crippen LogP contribution >= 0.6 is 0 Å². The summed E-state index contributed by atoms with van der Waals surface area (Å²) in [5, 5.41) is 6.66. The number of nitrogens with one attached hydrogen (secondary N) is 2. The van der Waals surface area contributed by atoms with Crippen molar-refractivity contribution in [2.24, 2.45) is 0 Å². The van der Waals surface area contributed by atoms with E-state index in [4.69, 9.17) is 4.74 Å². The molecule has 0 spiro atoms. The van der Waals surface area contributed by atoms with Gasteiger partial charge >= 0.3 is 5.97 Å². The lowest BCUT2D eigenvalue weighted by Crippen LogP contribution is -2.14. The molecule has 2 N–H and O–H groups in total. The number of H-pyrrole nitrogens is 1. The monoisotopic (exact) mass is 337 g/mol. The quantitative estimate of drug-likeness (QED) is 0.788. The molecule has 0 saturated carbocycles. The molecule has 0 aliphatic heterocycles. The lowest BCUT2D eigenvalue weighted by molar-refractivity contribution is 0.0505. The number of benzene rings is 1. The number of rotatable bonds is 6. The second-order valence-corrected chi connectivity index (χ2v) is 6.76. The summed E-state index contributed by atoms with van der Waals surface area (Å²) in [6, 6.07) is 5.61. The molecule has 0 saturated heterocycles. The molecule has 0 fully saturated rings. The standard InChI is InChI=1S/C15H19N3O4S/c1-4-9-22-15(19)12-5-7-13(8-6-12)23(20,21)18-14-10(2)16-17-11(14)3/h5-8,18H,4,9H2,1-3H3,(H,16,17). The molecule has 2 aromatic rings. The molecule has 0 bridgehead atoms. The Balaban J connectivity index is 2.19. The molecule has 1 aromatic heterocycles. The molecule has 0 amide bonds. The van der Waals surface area contributed by atoms with Crippen LogP contribution in [0.4, 0.5) is 5.69 Å². The first-order chi connectivity index (χ1) is 10.8. The summed E-state index contributed by atoms with van der Waals surface area (Å²) in [6.45, 7) is 5.66. The van der Waals surface area contributed by atoms with Crippen molar-refractivity contribution in [3.05, 3.63) is 41.2 Å². The first-order valence-electron chi connectivity index (χ1n) is 7.16. The van der Waals surface area contributed by atoms with Gasteiger partial charge < -0.3 is 4.74 Å². The number of hydrogen-bond acceptors (Lipinski definition) is 5. The fourth-order valence-corrected chi connectivity index (χ4v) is 3.12. The van der Waals surface area contributed by atoms with Crippen molar-refractivity contribution in [3.8, 4) is 0 Å². The highest BCUT2D eigenvalue weighted by Crippen LogP contribution is 2.21. The van der Waals surface area contributed by atoms with Gasteiger partial charge in [-0.05, 0) is 44.5 Å². The fraction of sp³-hybridized carbons (Fsp3) is 0.333. The zero-order valence-electron chi connectivity index (χ0n) is 13.2. The fourth-order valence-electron chi connectivity index (χ4n) is 1.94. The van der Waals surface area contributed by atoms with Crippen LogP contribution in [0.3, 0.4) is 0 Å². The number of carbonyl (C=O) groups excluding carboxylic acids is 1. The maximum absolute atomic E-state index is 12.4. The SMILES string of the molecule is CCCOC(=O)c1ccc(S(=O)(=O)Nc2c(C)n[nH]c2C)cc1. The maximum Gasteiger partial charge on any atom is 0.338 e. The van der Waals surface area contributed by atoms with Crippen molar-refractivity contribution in [2.75, 3.05) is 11.3 Å². The van der Waals surface area contributed by atoms with E-state index >= 15 is 0 Å². The molecule has 1 heterocycles. The van der Waals surface area contributed by atoms with Gasteiger partial charge in [0.05, 0.1) is 34.1 Å². The molecule has 0 aliphatic carbocycles. The Kier molecular flexibility index (Phi) is 5.05. The highest BCUT2D eigenvalue weighted by Gasteiger charge is 2.18. The van der Waals surface area contributed by atoms with E-state index in [9.17, 15) is 13.2 Å². The Labute approximate surface area is 135 Å². The molecule has 8 heteroatoms. The van der Waals surface area contributed by atoms with Crippen LogP contribution in [0.5, 0.6) is 0 Å². The van der Waals surface area contributed by atoms with Crippen molar-refractivity contribution >= 4 is 21.7 Å². The van der Waals surface area contributed by atoms with Gasteiger partial charge in [0.15, 0.2) is 0 Å². The Morgan fingerprint density at radius 2 is 1.91 bits per heavy atom. The van der Waals surface area contributed by atoms with E-state index in [0.29, 0.717) is 29.2 Å². The van der Waals surface area contributed by atoms with Crippen LogP contribution in [0.15, 0.2) is 29.2 Å². The number of esters is 1. The zero-order chi connectivity index (χ0) is 17.0. The average molecular weight is 337 g/mol. The summed E-state index contributed by atoms with van der Waals surface area (Å²) < 4.78 is 32.3. The van der Waals surface area contributed by atoms with E-state index < -0.39 is 16.0 Å². The van der Waals surface area contributed by atoms with Crippen LogP contribution in [0.2, 0.25) is 0 Å². The normalized spacial score (nSPS) is 11.3. The number of ether oxygens (including phenoxy) is 1. The average Bonchev–Trinajstić information content (AvgIpc) is 2.84. The summed E-state index contributed by atoms with van der Waals surface area (Å²) in [7, 11) is -3.75. The number of carbonyl (C=O) groups is 1. The maximum atomic E-state index is 12.4. The van der Waals surface area contributed by atoms with E-state index in [0.717, 1.165) is 6.42 Å². The number of aromatic amines is 1. The smallest absolute Gasteiger partial charge is 0.338 e. The molecule has 0 unspecified atom stereocenters. The molecule has 0 atom stereocenters. The van der Waals surface area contributed by atoms with Crippen LogP contribution < -0.4 is 4.72 Å². The number of anilines is 1. The Morgan fingerprint density at radius 1 is 1.26 bits per heavy atom. The van der Waals surface area contributed by atoms with Crippen LogP contribution in [-0.2, 0) is 14.8 Å². The third-order valence-corrected chi connectivity index (χ3v) is 4.57. The van der Waals surface area contributed by atoms with Crippen LogP contribution in [-0.4, -0.2) is 31.2 Å². The van der Waals surface area contributed by atoms with Crippen molar-refractivity contribution < 1.29 is 17.9 Å². The van der Waals surface area contributed by atoms with E-state index in [2.05, 4.69) is 14.9 Å². The number of hydrogen-bond donors (Lipinski definition) is 2. The highest BCUT2D eigenvalue weighted by molar-refractivity contribution is 7.92. The molecule has 7 nitrogen and oxygen atoms in total. The van der Waals surface area contributed by atoms with Crippen LogP contribution in [0.25, 0.3) is 0 Å². The first-order valence-corrected chi connectivity index (χ1v) is 8.65. The predicted molar refractivity (Wildman–Crippen MR) is 85.9 cm³/mol. The largest absolute Gasteiger partial charge is 0.462 e. The summed E-state index contributed by atoms with van der Waals surface area (Å²) >= 11 is 0. The molecular weight excluding hydrogens is 318 g/mol. The number of nitrogens with zero attached hydrogens (tertiary/aromatic N) is 1. The minimum absolute atomic E-state index is 0.0598. The number of aryl methyl sites for hydroxylation is 2. The molecule has 2 rings (SSSR count). The van der Waals surface area contributed by atoms with Gasteiger partial charge in [-0.25, -0.2) is 13.2 Å². The molecule has 23 heavy (non-hydrogen) atoms. The van der Waals surface area contributed by atoms with E-state index in [1.165, 1.54) is 24.3 Å². The van der Waals surface area contributed by atoms with Gasteiger partial charge in [-0.3, -0.25) is 9.82 Å². The minimum Gasteiger partial charge on any atom is -0.462 e. The van der Waals surface area contributed by atoms with Gasteiger partial charge in [0.1, 0.15) is 0 Å². The second kappa shape index (κ2) is 6.82. The third kappa shape index (κ3) is 3.89. The van der Waals surface area contributed by atoms with Crippen molar-refractivity contribution in [3.63, 3.8) is 0 Å². The van der Waals surface area contributed by atoms with E-state index in [1.54, 1.807) is 13.8 Å². The molecule has 124 valence electrons. The Morgan fingerprint density at radius 3 is 2.43 bits per heavy atom. The summed E-state index contributed by atoms with van der Waals surface area (Å²) in [5.41, 5.74) is 1.93. The first kappa shape index (κ1) is 17.0. The summed E-state index contributed by atoms with van der Waals surface area (Å²) in [5.74, 6) is -0.467. The summed E-state index contributed by atoms with van der Waals surface area (Å²) in [6.07, 6.45) is 0.728. The Hall–Kier alpha value is -2.35. The zero-order valence-corrected chi connectivity index (χ0v) is 14.0. The van der Waals surface area contributed by atoms with Gasteiger partial charge in [0.2, 0.25) is 0 Å². The molecule has 1 aromatic carbocycles. The third-order valence-electron chi connectivity index (χ3n) is 3.20. The predicted octanol–water partition coefficient (Wildman–Crippen LogP) is 2.39. The topological polar surface area (TPSA) is 101 Å². The minimum atomic E-state index is -3.75.